The van der Waals surface area contributed by atoms with E-state index in [1.54, 1.807) is 24.3 Å². The van der Waals surface area contributed by atoms with E-state index in [9.17, 15) is 14.4 Å². The Morgan fingerprint density at radius 1 is 0.886 bits per heavy atom. The Labute approximate surface area is 205 Å². The number of ether oxygens (including phenoxy) is 1. The van der Waals surface area contributed by atoms with Crippen molar-refractivity contribution in [3.63, 3.8) is 0 Å². The van der Waals surface area contributed by atoms with Crippen molar-refractivity contribution >= 4 is 17.8 Å². The minimum absolute atomic E-state index is 0.0109. The van der Waals surface area contributed by atoms with E-state index in [2.05, 4.69) is 5.32 Å². The van der Waals surface area contributed by atoms with E-state index in [4.69, 9.17) is 4.74 Å². The second kappa shape index (κ2) is 11.5. The number of hydrogen-bond acceptors (Lipinski definition) is 4. The summed E-state index contributed by atoms with van der Waals surface area (Å²) in [7, 11) is 0. The molecule has 180 valence electrons. The Morgan fingerprint density at radius 2 is 1.49 bits per heavy atom. The van der Waals surface area contributed by atoms with Crippen molar-refractivity contribution in [2.24, 2.45) is 5.92 Å². The minimum Gasteiger partial charge on any atom is -0.427 e. The van der Waals surface area contributed by atoms with Crippen molar-refractivity contribution in [2.45, 2.75) is 25.7 Å². The summed E-state index contributed by atoms with van der Waals surface area (Å²) in [6.45, 7) is 3.16. The topological polar surface area (TPSA) is 75.7 Å². The lowest BCUT2D eigenvalue weighted by Crippen LogP contribution is -2.42. The van der Waals surface area contributed by atoms with Crippen molar-refractivity contribution in [1.82, 2.24) is 10.2 Å². The second-order valence-corrected chi connectivity index (χ2v) is 8.86. The van der Waals surface area contributed by atoms with Crippen LogP contribution in [0.15, 0.2) is 84.9 Å². The van der Waals surface area contributed by atoms with E-state index in [0.29, 0.717) is 36.9 Å². The molecule has 0 unspecified atom stereocenters. The average molecular weight is 471 g/mol. The molecule has 35 heavy (non-hydrogen) atoms. The normalized spacial score (nSPS) is 13.9. The smallest absolute Gasteiger partial charge is 0.308 e. The fraction of sp³-hybridized carbons (Fsp3) is 0.276. The van der Waals surface area contributed by atoms with Crippen LogP contribution in [0.2, 0.25) is 0 Å². The van der Waals surface area contributed by atoms with Crippen LogP contribution in [-0.2, 0) is 9.59 Å². The van der Waals surface area contributed by atoms with E-state index >= 15 is 0 Å². The van der Waals surface area contributed by atoms with Crippen molar-refractivity contribution in [3.8, 4) is 5.75 Å². The predicted octanol–water partition coefficient (Wildman–Crippen LogP) is 4.41. The first-order chi connectivity index (χ1) is 17.0. The summed E-state index contributed by atoms with van der Waals surface area (Å²) in [5, 5.41) is 3.16. The number of likely N-dealkylation sites (tertiary alicyclic amines) is 1. The van der Waals surface area contributed by atoms with Gasteiger partial charge in [-0.1, -0.05) is 66.7 Å². The summed E-state index contributed by atoms with van der Waals surface area (Å²) >= 11 is 0. The first-order valence-electron chi connectivity index (χ1n) is 12.0. The Bertz CT molecular complexity index is 1120. The molecule has 0 saturated carbocycles. The molecule has 1 fully saturated rings. The van der Waals surface area contributed by atoms with Gasteiger partial charge in [0.1, 0.15) is 5.75 Å². The molecule has 2 amide bonds. The quantitative estimate of drug-likeness (QED) is 0.410. The first-order valence-corrected chi connectivity index (χ1v) is 12.0. The maximum atomic E-state index is 13.2. The van der Waals surface area contributed by atoms with E-state index in [0.717, 1.165) is 24.0 Å². The SMILES string of the molecule is CC(=O)Oc1cccc(C(=O)N2CCC(CNC(=O)C(c3ccccc3)c3ccccc3)CC2)c1. The molecule has 6 heteroatoms. The number of benzene rings is 3. The number of nitrogens with zero attached hydrogens (tertiary/aromatic N) is 1. The van der Waals surface area contributed by atoms with Crippen molar-refractivity contribution < 1.29 is 19.1 Å². The molecule has 0 radical (unpaired) electrons. The second-order valence-electron chi connectivity index (χ2n) is 8.86. The standard InChI is InChI=1S/C29H30N2O4/c1-21(32)35-26-14-8-13-25(19-26)29(34)31-17-15-22(16-18-31)20-30-28(33)27(23-9-4-2-5-10-23)24-11-6-3-7-12-24/h2-14,19,22,27H,15-18,20H2,1H3,(H,30,33). The van der Waals surface area contributed by atoms with Crippen LogP contribution in [0.3, 0.4) is 0 Å². The summed E-state index contributed by atoms with van der Waals surface area (Å²) in [4.78, 5) is 39.2. The molecule has 1 heterocycles. The molecule has 0 aromatic heterocycles. The highest BCUT2D eigenvalue weighted by atomic mass is 16.5. The molecule has 4 rings (SSSR count). The lowest BCUT2D eigenvalue weighted by atomic mass is 9.90. The molecule has 0 atom stereocenters. The molecule has 0 aliphatic carbocycles. The molecule has 6 nitrogen and oxygen atoms in total. The van der Waals surface area contributed by atoms with E-state index < -0.39 is 5.97 Å². The summed E-state index contributed by atoms with van der Waals surface area (Å²) in [5.41, 5.74) is 2.43. The lowest BCUT2D eigenvalue weighted by molar-refractivity contribution is -0.131. The Morgan fingerprint density at radius 3 is 2.06 bits per heavy atom. The number of amides is 2. The van der Waals surface area contributed by atoms with Gasteiger partial charge in [0.25, 0.3) is 5.91 Å². The van der Waals surface area contributed by atoms with Gasteiger partial charge in [0.15, 0.2) is 0 Å². The molecular weight excluding hydrogens is 440 g/mol. The molecule has 3 aromatic carbocycles. The molecule has 0 spiro atoms. The molecular formula is C29H30N2O4. The van der Waals surface area contributed by atoms with Crippen LogP contribution in [0.1, 0.15) is 47.2 Å². The number of hydrogen-bond donors (Lipinski definition) is 1. The number of carbonyl (C=O) groups is 3. The highest BCUT2D eigenvalue weighted by molar-refractivity contribution is 5.94. The number of esters is 1. The highest BCUT2D eigenvalue weighted by Crippen LogP contribution is 2.26. The van der Waals surface area contributed by atoms with Crippen LogP contribution >= 0.6 is 0 Å². The van der Waals surface area contributed by atoms with Gasteiger partial charge in [0.05, 0.1) is 5.92 Å². The monoisotopic (exact) mass is 470 g/mol. The summed E-state index contributed by atoms with van der Waals surface area (Å²) in [6, 6.07) is 26.3. The van der Waals surface area contributed by atoms with Crippen molar-refractivity contribution in [1.29, 1.82) is 0 Å². The van der Waals surface area contributed by atoms with Crippen LogP contribution in [0.5, 0.6) is 5.75 Å². The number of carbonyl (C=O) groups excluding carboxylic acids is 3. The average Bonchev–Trinajstić information content (AvgIpc) is 2.88. The fourth-order valence-electron chi connectivity index (χ4n) is 4.51. The highest BCUT2D eigenvalue weighted by Gasteiger charge is 2.26. The molecule has 1 aliphatic rings. The third-order valence-electron chi connectivity index (χ3n) is 6.34. The molecule has 1 N–H and O–H groups in total. The maximum absolute atomic E-state index is 13.2. The zero-order valence-corrected chi connectivity index (χ0v) is 19.9. The summed E-state index contributed by atoms with van der Waals surface area (Å²) in [5.74, 6) is -0.185. The van der Waals surface area contributed by atoms with Gasteiger partial charge in [0.2, 0.25) is 5.91 Å². The van der Waals surface area contributed by atoms with Gasteiger partial charge in [-0.25, -0.2) is 0 Å². The van der Waals surface area contributed by atoms with Gasteiger partial charge in [-0.15, -0.1) is 0 Å². The fourth-order valence-corrected chi connectivity index (χ4v) is 4.51. The molecule has 1 aliphatic heterocycles. The maximum Gasteiger partial charge on any atom is 0.308 e. The van der Waals surface area contributed by atoms with Gasteiger partial charge in [-0.05, 0) is 48.1 Å². The van der Waals surface area contributed by atoms with Gasteiger partial charge in [-0.2, -0.15) is 0 Å². The first kappa shape index (κ1) is 24.2. The summed E-state index contributed by atoms with van der Waals surface area (Å²) < 4.78 is 5.10. The van der Waals surface area contributed by atoms with Crippen LogP contribution in [0.25, 0.3) is 0 Å². The Kier molecular flexibility index (Phi) is 7.93. The van der Waals surface area contributed by atoms with E-state index in [1.165, 1.54) is 6.92 Å². The van der Waals surface area contributed by atoms with Gasteiger partial charge < -0.3 is 15.0 Å². The Balaban J connectivity index is 1.33. The van der Waals surface area contributed by atoms with Crippen LogP contribution in [0.4, 0.5) is 0 Å². The third-order valence-corrected chi connectivity index (χ3v) is 6.34. The van der Waals surface area contributed by atoms with Crippen molar-refractivity contribution in [2.75, 3.05) is 19.6 Å². The van der Waals surface area contributed by atoms with Crippen LogP contribution in [-0.4, -0.2) is 42.3 Å². The third kappa shape index (κ3) is 6.35. The Hall–Kier alpha value is -3.93. The van der Waals surface area contributed by atoms with Gasteiger partial charge in [-0.3, -0.25) is 14.4 Å². The zero-order chi connectivity index (χ0) is 24.6. The number of piperidine rings is 1. The largest absolute Gasteiger partial charge is 0.427 e. The van der Waals surface area contributed by atoms with Gasteiger partial charge >= 0.3 is 5.97 Å². The van der Waals surface area contributed by atoms with E-state index in [-0.39, 0.29) is 17.7 Å². The lowest BCUT2D eigenvalue weighted by Gasteiger charge is -2.32. The van der Waals surface area contributed by atoms with Crippen LogP contribution < -0.4 is 10.1 Å². The van der Waals surface area contributed by atoms with Crippen molar-refractivity contribution in [3.05, 3.63) is 102 Å². The molecule has 3 aromatic rings. The molecule has 1 saturated heterocycles. The molecule has 0 bridgehead atoms. The predicted molar refractivity (Wildman–Crippen MR) is 134 cm³/mol. The van der Waals surface area contributed by atoms with Crippen LogP contribution in [0, 0.1) is 5.92 Å². The number of nitrogens with one attached hydrogen (secondary N) is 1. The zero-order valence-electron chi connectivity index (χ0n) is 19.9. The number of rotatable bonds is 7. The van der Waals surface area contributed by atoms with Gasteiger partial charge in [0, 0.05) is 32.1 Å². The van der Waals surface area contributed by atoms with E-state index in [1.807, 2.05) is 65.6 Å². The minimum atomic E-state index is -0.417. The summed E-state index contributed by atoms with van der Waals surface area (Å²) in [6.07, 6.45) is 1.63.